The lowest BCUT2D eigenvalue weighted by atomic mass is 10.2. The smallest absolute Gasteiger partial charge is 0.254 e. The lowest BCUT2D eigenvalue weighted by Crippen LogP contribution is -2.28. The number of halogens is 3. The number of hydrogen-bond donors (Lipinski definition) is 1. The fourth-order valence-corrected chi connectivity index (χ4v) is 1.93. The molecule has 0 spiro atoms. The zero-order valence-corrected chi connectivity index (χ0v) is 12.4. The van der Waals surface area contributed by atoms with E-state index in [9.17, 15) is 9.18 Å². The van der Waals surface area contributed by atoms with E-state index in [4.69, 9.17) is 27.9 Å². The molecule has 0 heterocycles. The number of carbonyl (C=O) groups excluding carboxylic acids is 1. The Labute approximate surface area is 131 Å². The molecule has 110 valence electrons. The van der Waals surface area contributed by atoms with E-state index >= 15 is 0 Å². The minimum absolute atomic E-state index is 0.0889. The standard InChI is InChI=1S/C15H12Cl2FNO2/c16-10-1-4-12(5-2-10)21-8-7-19-15(20)13-9-11(17)3-6-14(13)18/h1-6,9H,7-8H2,(H,19,20). The van der Waals surface area contributed by atoms with Gasteiger partial charge in [-0.1, -0.05) is 23.2 Å². The van der Waals surface area contributed by atoms with Crippen molar-refractivity contribution < 1.29 is 13.9 Å². The van der Waals surface area contributed by atoms with E-state index in [1.807, 2.05) is 0 Å². The molecule has 0 saturated heterocycles. The first-order valence-electron chi connectivity index (χ1n) is 6.18. The van der Waals surface area contributed by atoms with E-state index in [-0.39, 0.29) is 18.7 Å². The average Bonchev–Trinajstić information content (AvgIpc) is 2.47. The SMILES string of the molecule is O=C(NCCOc1ccc(Cl)cc1)c1cc(Cl)ccc1F. The topological polar surface area (TPSA) is 38.3 Å². The summed E-state index contributed by atoms with van der Waals surface area (Å²) < 4.78 is 18.9. The molecule has 2 aromatic carbocycles. The van der Waals surface area contributed by atoms with Crippen LogP contribution in [0.3, 0.4) is 0 Å². The van der Waals surface area contributed by atoms with E-state index in [1.165, 1.54) is 12.1 Å². The zero-order chi connectivity index (χ0) is 15.2. The van der Waals surface area contributed by atoms with Gasteiger partial charge in [0, 0.05) is 10.0 Å². The van der Waals surface area contributed by atoms with Gasteiger partial charge in [0.1, 0.15) is 18.2 Å². The van der Waals surface area contributed by atoms with Crippen molar-refractivity contribution in [1.29, 1.82) is 0 Å². The molecule has 1 N–H and O–H groups in total. The van der Waals surface area contributed by atoms with Gasteiger partial charge in [-0.15, -0.1) is 0 Å². The highest BCUT2D eigenvalue weighted by molar-refractivity contribution is 6.31. The molecule has 3 nitrogen and oxygen atoms in total. The van der Waals surface area contributed by atoms with Crippen molar-refractivity contribution in [3.05, 3.63) is 63.9 Å². The molecule has 0 aliphatic carbocycles. The molecule has 0 fully saturated rings. The predicted octanol–water partition coefficient (Wildman–Crippen LogP) is 3.94. The summed E-state index contributed by atoms with van der Waals surface area (Å²) in [5, 5.41) is 3.48. The first-order valence-corrected chi connectivity index (χ1v) is 6.93. The molecule has 2 rings (SSSR count). The second kappa shape index (κ2) is 7.29. The van der Waals surface area contributed by atoms with Crippen molar-refractivity contribution in [2.75, 3.05) is 13.2 Å². The Kier molecular flexibility index (Phi) is 5.42. The lowest BCUT2D eigenvalue weighted by Gasteiger charge is -2.08. The third kappa shape index (κ3) is 4.62. The Morgan fingerprint density at radius 1 is 1.10 bits per heavy atom. The van der Waals surface area contributed by atoms with Crippen LogP contribution in [0.4, 0.5) is 4.39 Å². The summed E-state index contributed by atoms with van der Waals surface area (Å²) >= 11 is 11.5. The normalized spacial score (nSPS) is 10.2. The Morgan fingerprint density at radius 3 is 2.48 bits per heavy atom. The van der Waals surface area contributed by atoms with Crippen LogP contribution in [-0.4, -0.2) is 19.1 Å². The van der Waals surface area contributed by atoms with E-state index in [0.29, 0.717) is 15.8 Å². The van der Waals surface area contributed by atoms with Crippen LogP contribution in [0.15, 0.2) is 42.5 Å². The molecule has 1 amide bonds. The van der Waals surface area contributed by atoms with Gasteiger partial charge >= 0.3 is 0 Å². The van der Waals surface area contributed by atoms with Crippen molar-refractivity contribution in [1.82, 2.24) is 5.32 Å². The molecule has 0 aliphatic heterocycles. The summed E-state index contributed by atoms with van der Waals surface area (Å²) in [7, 11) is 0. The Bertz CT molecular complexity index is 632. The zero-order valence-electron chi connectivity index (χ0n) is 10.9. The monoisotopic (exact) mass is 327 g/mol. The highest BCUT2D eigenvalue weighted by Crippen LogP contribution is 2.16. The van der Waals surface area contributed by atoms with Gasteiger partial charge < -0.3 is 10.1 Å². The second-order valence-electron chi connectivity index (χ2n) is 4.18. The summed E-state index contributed by atoms with van der Waals surface area (Å²) in [5.74, 6) is -0.507. The van der Waals surface area contributed by atoms with Crippen LogP contribution >= 0.6 is 23.2 Å². The second-order valence-corrected chi connectivity index (χ2v) is 5.06. The number of carbonyl (C=O) groups is 1. The summed E-state index contributed by atoms with van der Waals surface area (Å²) in [5.41, 5.74) is -0.0889. The average molecular weight is 328 g/mol. The Hall–Kier alpha value is -1.78. The predicted molar refractivity (Wildman–Crippen MR) is 80.7 cm³/mol. The van der Waals surface area contributed by atoms with Crippen molar-refractivity contribution in [2.45, 2.75) is 0 Å². The minimum atomic E-state index is -0.615. The molecule has 6 heteroatoms. The number of hydrogen-bond acceptors (Lipinski definition) is 2. The fraction of sp³-hybridized carbons (Fsp3) is 0.133. The highest BCUT2D eigenvalue weighted by Gasteiger charge is 2.11. The van der Waals surface area contributed by atoms with Crippen LogP contribution in [-0.2, 0) is 0 Å². The fourth-order valence-electron chi connectivity index (χ4n) is 1.63. The van der Waals surface area contributed by atoms with E-state index < -0.39 is 11.7 Å². The molecule has 0 aromatic heterocycles. The lowest BCUT2D eigenvalue weighted by molar-refractivity contribution is 0.0943. The summed E-state index contributed by atoms with van der Waals surface area (Å²) in [6.07, 6.45) is 0. The van der Waals surface area contributed by atoms with Crippen LogP contribution in [0.5, 0.6) is 5.75 Å². The highest BCUT2D eigenvalue weighted by atomic mass is 35.5. The molecule has 0 radical (unpaired) electrons. The van der Waals surface area contributed by atoms with E-state index in [1.54, 1.807) is 24.3 Å². The quantitative estimate of drug-likeness (QED) is 0.844. The van der Waals surface area contributed by atoms with E-state index in [0.717, 1.165) is 6.07 Å². The molecule has 21 heavy (non-hydrogen) atoms. The molecule has 0 unspecified atom stereocenters. The van der Waals surface area contributed by atoms with Crippen LogP contribution in [0.2, 0.25) is 10.0 Å². The van der Waals surface area contributed by atoms with Gasteiger partial charge in [0.15, 0.2) is 0 Å². The molecule has 0 bridgehead atoms. The van der Waals surface area contributed by atoms with Crippen molar-refractivity contribution in [3.63, 3.8) is 0 Å². The number of amides is 1. The van der Waals surface area contributed by atoms with Gasteiger partial charge in [-0.3, -0.25) is 4.79 Å². The maximum absolute atomic E-state index is 13.5. The third-order valence-corrected chi connectivity index (χ3v) is 3.13. The molecular formula is C15H12Cl2FNO2. The molecular weight excluding hydrogens is 316 g/mol. The molecule has 0 aliphatic rings. The van der Waals surface area contributed by atoms with Crippen molar-refractivity contribution in [2.24, 2.45) is 0 Å². The van der Waals surface area contributed by atoms with Crippen molar-refractivity contribution in [3.8, 4) is 5.75 Å². The summed E-state index contributed by atoms with van der Waals surface area (Å²) in [6, 6.07) is 10.7. The van der Waals surface area contributed by atoms with Gasteiger partial charge in [-0.05, 0) is 42.5 Å². The van der Waals surface area contributed by atoms with Crippen LogP contribution in [0.25, 0.3) is 0 Å². The van der Waals surface area contributed by atoms with Gasteiger partial charge in [-0.2, -0.15) is 0 Å². The largest absolute Gasteiger partial charge is 0.492 e. The minimum Gasteiger partial charge on any atom is -0.492 e. The summed E-state index contributed by atoms with van der Waals surface area (Å²) in [4.78, 5) is 11.8. The number of rotatable bonds is 5. The van der Waals surface area contributed by atoms with E-state index in [2.05, 4.69) is 5.32 Å². The van der Waals surface area contributed by atoms with Crippen LogP contribution < -0.4 is 10.1 Å². The maximum Gasteiger partial charge on any atom is 0.254 e. The third-order valence-electron chi connectivity index (χ3n) is 2.64. The number of benzene rings is 2. The molecule has 0 saturated carbocycles. The number of nitrogens with one attached hydrogen (secondary N) is 1. The Balaban J connectivity index is 1.81. The molecule has 0 atom stereocenters. The summed E-state index contributed by atoms with van der Waals surface area (Å²) in [6.45, 7) is 0.503. The van der Waals surface area contributed by atoms with Gasteiger partial charge in [0.05, 0.1) is 12.1 Å². The van der Waals surface area contributed by atoms with Crippen LogP contribution in [0, 0.1) is 5.82 Å². The molecule has 2 aromatic rings. The van der Waals surface area contributed by atoms with Gasteiger partial charge in [0.25, 0.3) is 5.91 Å². The maximum atomic E-state index is 13.5. The van der Waals surface area contributed by atoms with Crippen molar-refractivity contribution >= 4 is 29.1 Å². The van der Waals surface area contributed by atoms with Gasteiger partial charge in [-0.25, -0.2) is 4.39 Å². The Morgan fingerprint density at radius 2 is 1.76 bits per heavy atom. The first kappa shape index (κ1) is 15.6. The number of ether oxygens (including phenoxy) is 1. The first-order chi connectivity index (χ1) is 10.1. The van der Waals surface area contributed by atoms with Gasteiger partial charge in [0.2, 0.25) is 0 Å². The van der Waals surface area contributed by atoms with Crippen LogP contribution in [0.1, 0.15) is 10.4 Å².